The number of nitrogens with one attached hydrogen (secondary N) is 2. The molecule has 1 amide bonds. The summed E-state index contributed by atoms with van der Waals surface area (Å²) in [5, 5.41) is 11.6. The molecule has 7 nitrogen and oxygen atoms in total. The van der Waals surface area contributed by atoms with Gasteiger partial charge in [0.15, 0.2) is 0 Å². The van der Waals surface area contributed by atoms with Crippen LogP contribution < -0.4 is 10.0 Å². The van der Waals surface area contributed by atoms with E-state index in [-0.39, 0.29) is 17.3 Å². The van der Waals surface area contributed by atoms with Crippen molar-refractivity contribution in [3.8, 4) is 0 Å². The van der Waals surface area contributed by atoms with Gasteiger partial charge in [-0.3, -0.25) is 14.3 Å². The number of benzene rings is 1. The first-order valence-corrected chi connectivity index (χ1v) is 8.86. The number of aliphatic carboxylic acids is 1. The Balaban J connectivity index is 2.16. The van der Waals surface area contributed by atoms with E-state index in [1.54, 1.807) is 0 Å². The number of carboxylic acids is 1. The zero-order valence-corrected chi connectivity index (χ0v) is 13.2. The SMILES string of the molecule is CS(=O)(=O)Nc1ccc(F)cc1C(=O)N[C@H]1CC[C@@H](C(=O)O)C1. The van der Waals surface area contributed by atoms with Gasteiger partial charge in [-0.2, -0.15) is 0 Å². The Morgan fingerprint density at radius 2 is 2.00 bits per heavy atom. The van der Waals surface area contributed by atoms with Crippen molar-refractivity contribution >= 4 is 27.6 Å². The largest absolute Gasteiger partial charge is 0.481 e. The van der Waals surface area contributed by atoms with E-state index in [2.05, 4.69) is 10.0 Å². The number of amides is 1. The molecule has 9 heteroatoms. The Kier molecular flexibility index (Phi) is 4.88. The summed E-state index contributed by atoms with van der Waals surface area (Å²) in [6.45, 7) is 0. The van der Waals surface area contributed by atoms with Crippen molar-refractivity contribution in [3.05, 3.63) is 29.6 Å². The maximum absolute atomic E-state index is 13.4. The van der Waals surface area contributed by atoms with Gasteiger partial charge < -0.3 is 10.4 Å². The average Bonchev–Trinajstić information content (AvgIpc) is 2.88. The predicted octanol–water partition coefficient (Wildman–Crippen LogP) is 1.18. The van der Waals surface area contributed by atoms with E-state index < -0.39 is 33.6 Å². The van der Waals surface area contributed by atoms with Crippen LogP contribution in [-0.4, -0.2) is 37.7 Å². The third-order valence-electron chi connectivity index (χ3n) is 3.64. The first-order valence-electron chi connectivity index (χ1n) is 6.96. The molecule has 1 aliphatic carbocycles. The fourth-order valence-electron chi connectivity index (χ4n) is 2.59. The third-order valence-corrected chi connectivity index (χ3v) is 4.23. The Bertz CT molecular complexity index is 735. The minimum atomic E-state index is -3.62. The molecule has 0 saturated heterocycles. The van der Waals surface area contributed by atoms with Crippen molar-refractivity contribution in [2.75, 3.05) is 11.0 Å². The monoisotopic (exact) mass is 344 g/mol. The van der Waals surface area contributed by atoms with E-state index in [9.17, 15) is 22.4 Å². The summed E-state index contributed by atoms with van der Waals surface area (Å²) in [7, 11) is -3.62. The van der Waals surface area contributed by atoms with Gasteiger partial charge in [-0.25, -0.2) is 12.8 Å². The van der Waals surface area contributed by atoms with Crippen molar-refractivity contribution in [2.45, 2.75) is 25.3 Å². The summed E-state index contributed by atoms with van der Waals surface area (Å²) in [4.78, 5) is 23.2. The number of hydrogen-bond donors (Lipinski definition) is 3. The fourth-order valence-corrected chi connectivity index (χ4v) is 3.17. The van der Waals surface area contributed by atoms with Gasteiger partial charge in [-0.15, -0.1) is 0 Å². The van der Waals surface area contributed by atoms with Crippen LogP contribution >= 0.6 is 0 Å². The predicted molar refractivity (Wildman–Crippen MR) is 81.1 cm³/mol. The van der Waals surface area contributed by atoms with Crippen molar-refractivity contribution in [3.63, 3.8) is 0 Å². The highest BCUT2D eigenvalue weighted by Crippen LogP contribution is 2.26. The molecular formula is C14H17FN2O5S. The molecule has 0 spiro atoms. The second kappa shape index (κ2) is 6.53. The highest BCUT2D eigenvalue weighted by Gasteiger charge is 2.31. The quantitative estimate of drug-likeness (QED) is 0.742. The molecule has 126 valence electrons. The Hall–Kier alpha value is -2.16. The van der Waals surface area contributed by atoms with Gasteiger partial charge in [0.25, 0.3) is 5.91 Å². The highest BCUT2D eigenvalue weighted by molar-refractivity contribution is 7.92. The normalized spacial score (nSPS) is 21.0. The minimum absolute atomic E-state index is 0.0285. The highest BCUT2D eigenvalue weighted by atomic mass is 32.2. The van der Waals surface area contributed by atoms with E-state index in [1.807, 2.05) is 0 Å². The van der Waals surface area contributed by atoms with Crippen LogP contribution in [0.5, 0.6) is 0 Å². The second-order valence-corrected chi connectivity index (χ2v) is 7.33. The van der Waals surface area contributed by atoms with Crippen LogP contribution in [-0.2, 0) is 14.8 Å². The van der Waals surface area contributed by atoms with Crippen LogP contribution in [0.15, 0.2) is 18.2 Å². The van der Waals surface area contributed by atoms with Crippen molar-refractivity contribution in [1.82, 2.24) is 5.32 Å². The lowest BCUT2D eigenvalue weighted by molar-refractivity contribution is -0.141. The van der Waals surface area contributed by atoms with E-state index >= 15 is 0 Å². The molecule has 1 aliphatic rings. The molecule has 2 atom stereocenters. The number of carbonyl (C=O) groups excluding carboxylic acids is 1. The van der Waals surface area contributed by atoms with Crippen LogP contribution in [0.1, 0.15) is 29.6 Å². The van der Waals surface area contributed by atoms with E-state index in [0.29, 0.717) is 19.3 Å². The number of carbonyl (C=O) groups is 2. The summed E-state index contributed by atoms with van der Waals surface area (Å²) in [5.41, 5.74) is -0.173. The van der Waals surface area contributed by atoms with Crippen LogP contribution in [0.3, 0.4) is 0 Å². The van der Waals surface area contributed by atoms with E-state index in [1.165, 1.54) is 6.07 Å². The summed E-state index contributed by atoms with van der Waals surface area (Å²) < 4.78 is 38.2. The fraction of sp³-hybridized carbons (Fsp3) is 0.429. The zero-order chi connectivity index (χ0) is 17.2. The molecular weight excluding hydrogens is 327 g/mol. The maximum Gasteiger partial charge on any atom is 0.306 e. The van der Waals surface area contributed by atoms with Gasteiger partial charge in [0.05, 0.1) is 23.4 Å². The first-order chi connectivity index (χ1) is 10.7. The molecule has 0 aromatic heterocycles. The topological polar surface area (TPSA) is 113 Å². The zero-order valence-electron chi connectivity index (χ0n) is 12.4. The second-order valence-electron chi connectivity index (χ2n) is 5.58. The molecule has 1 aromatic rings. The summed E-state index contributed by atoms with van der Waals surface area (Å²) in [6, 6.07) is 2.81. The minimum Gasteiger partial charge on any atom is -0.481 e. The summed E-state index contributed by atoms with van der Waals surface area (Å²) in [6.07, 6.45) is 2.18. The molecule has 0 unspecified atom stereocenters. The Morgan fingerprint density at radius 3 is 2.57 bits per heavy atom. The lowest BCUT2D eigenvalue weighted by atomic mass is 10.1. The number of hydrogen-bond acceptors (Lipinski definition) is 4. The van der Waals surface area contributed by atoms with Crippen molar-refractivity contribution in [1.29, 1.82) is 0 Å². The molecule has 2 rings (SSSR count). The maximum atomic E-state index is 13.4. The molecule has 3 N–H and O–H groups in total. The molecule has 1 saturated carbocycles. The lowest BCUT2D eigenvalue weighted by Gasteiger charge is -2.15. The number of sulfonamides is 1. The molecule has 0 aliphatic heterocycles. The van der Waals surface area contributed by atoms with Crippen LogP contribution in [0.4, 0.5) is 10.1 Å². The molecule has 1 aromatic carbocycles. The van der Waals surface area contributed by atoms with Gasteiger partial charge in [0.2, 0.25) is 10.0 Å². The van der Waals surface area contributed by atoms with Crippen LogP contribution in [0.2, 0.25) is 0 Å². The number of halogens is 1. The molecule has 0 radical (unpaired) electrons. The van der Waals surface area contributed by atoms with Gasteiger partial charge in [-0.05, 0) is 37.5 Å². The molecule has 23 heavy (non-hydrogen) atoms. The molecule has 0 heterocycles. The van der Waals surface area contributed by atoms with Crippen molar-refractivity contribution in [2.24, 2.45) is 5.92 Å². The van der Waals surface area contributed by atoms with Crippen LogP contribution in [0.25, 0.3) is 0 Å². The van der Waals surface area contributed by atoms with Gasteiger partial charge in [-0.1, -0.05) is 0 Å². The van der Waals surface area contributed by atoms with Gasteiger partial charge in [0, 0.05) is 6.04 Å². The van der Waals surface area contributed by atoms with E-state index in [4.69, 9.17) is 5.11 Å². The number of carboxylic acid groups (broad SMARTS) is 1. The Morgan fingerprint density at radius 1 is 1.30 bits per heavy atom. The number of rotatable bonds is 5. The third kappa shape index (κ3) is 4.65. The number of anilines is 1. The molecule has 1 fully saturated rings. The summed E-state index contributed by atoms with van der Waals surface area (Å²) in [5.74, 6) is -2.75. The van der Waals surface area contributed by atoms with E-state index in [0.717, 1.165) is 18.4 Å². The summed E-state index contributed by atoms with van der Waals surface area (Å²) >= 11 is 0. The standard InChI is InChI=1S/C14H17FN2O5S/c1-23(21,22)17-12-5-3-9(15)7-11(12)13(18)16-10-4-2-8(6-10)14(19)20/h3,5,7-8,10,17H,2,4,6H2,1H3,(H,16,18)(H,19,20)/t8-,10+/m1/s1. The average molecular weight is 344 g/mol. The van der Waals surface area contributed by atoms with Crippen molar-refractivity contribution < 1.29 is 27.5 Å². The van der Waals surface area contributed by atoms with Gasteiger partial charge >= 0.3 is 5.97 Å². The van der Waals surface area contributed by atoms with Gasteiger partial charge in [0.1, 0.15) is 5.82 Å². The Labute approximate surface area is 132 Å². The van der Waals surface area contributed by atoms with Crippen LogP contribution in [0, 0.1) is 11.7 Å². The lowest BCUT2D eigenvalue weighted by Crippen LogP contribution is -2.34. The smallest absolute Gasteiger partial charge is 0.306 e. The molecule has 0 bridgehead atoms. The first kappa shape index (κ1) is 17.2.